The zero-order chi connectivity index (χ0) is 22.6. The predicted molar refractivity (Wildman–Crippen MR) is 128 cm³/mol. The normalized spacial score (nSPS) is 23.3. The van der Waals surface area contributed by atoms with Gasteiger partial charge in [-0.3, -0.25) is 9.59 Å². The Morgan fingerprint density at radius 3 is 2.62 bits per heavy atom. The van der Waals surface area contributed by atoms with E-state index >= 15 is 0 Å². The van der Waals surface area contributed by atoms with Crippen LogP contribution in [-0.2, 0) is 17.6 Å². The number of benzene rings is 2. The molecule has 3 heteroatoms. The number of allylic oxidation sites excluding steroid dienone is 1. The van der Waals surface area contributed by atoms with Crippen molar-refractivity contribution in [3.63, 3.8) is 0 Å². The molecule has 0 aliphatic heterocycles. The van der Waals surface area contributed by atoms with E-state index in [0.29, 0.717) is 18.6 Å². The molecule has 168 valence electrons. The van der Waals surface area contributed by atoms with Gasteiger partial charge in [0.15, 0.2) is 5.78 Å². The second kappa shape index (κ2) is 9.85. The summed E-state index contributed by atoms with van der Waals surface area (Å²) in [6.07, 6.45) is 8.40. The highest BCUT2D eigenvalue weighted by Gasteiger charge is 2.39. The fourth-order valence-electron chi connectivity index (χ4n) is 5.63. The first kappa shape index (κ1) is 22.5. The van der Waals surface area contributed by atoms with Crippen LogP contribution < -0.4 is 4.74 Å². The summed E-state index contributed by atoms with van der Waals surface area (Å²) in [7, 11) is 1.70. The van der Waals surface area contributed by atoms with Gasteiger partial charge >= 0.3 is 0 Å². The molecular formula is C29H34O3. The van der Waals surface area contributed by atoms with Crippen molar-refractivity contribution in [2.24, 2.45) is 11.3 Å². The largest absolute Gasteiger partial charge is 0.496 e. The summed E-state index contributed by atoms with van der Waals surface area (Å²) in [5.41, 5.74) is 4.46. The Balaban J connectivity index is 1.39. The van der Waals surface area contributed by atoms with Gasteiger partial charge in [-0.25, -0.2) is 0 Å². The molecule has 1 spiro atoms. The number of hydrogen-bond acceptors (Lipinski definition) is 3. The SMILES string of the molecule is C=C(CCc1ccccc1OC)CC1CCC2(CCC(=O)c3ccccc3C2)CCC1=O. The minimum absolute atomic E-state index is 0.0637. The van der Waals surface area contributed by atoms with E-state index < -0.39 is 0 Å². The van der Waals surface area contributed by atoms with Crippen LogP contribution >= 0.6 is 0 Å². The molecule has 0 radical (unpaired) electrons. The molecule has 0 heterocycles. The van der Waals surface area contributed by atoms with Crippen LogP contribution in [0.15, 0.2) is 60.7 Å². The van der Waals surface area contributed by atoms with Gasteiger partial charge in [0.1, 0.15) is 11.5 Å². The minimum Gasteiger partial charge on any atom is -0.496 e. The van der Waals surface area contributed by atoms with Crippen LogP contribution in [0.5, 0.6) is 5.75 Å². The summed E-state index contributed by atoms with van der Waals surface area (Å²) >= 11 is 0. The second-order valence-corrected chi connectivity index (χ2v) is 9.72. The zero-order valence-electron chi connectivity index (χ0n) is 19.2. The predicted octanol–water partition coefficient (Wildman–Crippen LogP) is 6.54. The molecule has 2 aromatic rings. The first-order valence-electron chi connectivity index (χ1n) is 11.9. The Labute approximate surface area is 191 Å². The van der Waals surface area contributed by atoms with E-state index in [0.717, 1.165) is 68.3 Å². The Kier molecular flexibility index (Phi) is 6.93. The lowest BCUT2D eigenvalue weighted by Gasteiger charge is -2.31. The average Bonchev–Trinajstić information content (AvgIpc) is 3.05. The lowest BCUT2D eigenvalue weighted by Crippen LogP contribution is -2.22. The van der Waals surface area contributed by atoms with Gasteiger partial charge in [0, 0.05) is 24.3 Å². The summed E-state index contributed by atoms with van der Waals surface area (Å²) in [4.78, 5) is 25.7. The highest BCUT2D eigenvalue weighted by molar-refractivity contribution is 5.97. The maximum atomic E-state index is 13.0. The Morgan fingerprint density at radius 2 is 1.78 bits per heavy atom. The first-order chi connectivity index (χ1) is 15.5. The molecule has 32 heavy (non-hydrogen) atoms. The number of hydrogen-bond donors (Lipinski definition) is 0. The number of carbonyl (C=O) groups is 2. The molecule has 4 rings (SSSR count). The third-order valence-corrected chi connectivity index (χ3v) is 7.62. The topological polar surface area (TPSA) is 43.4 Å². The highest BCUT2D eigenvalue weighted by atomic mass is 16.5. The quantitative estimate of drug-likeness (QED) is 0.489. The van der Waals surface area contributed by atoms with Crippen LogP contribution in [0, 0.1) is 11.3 Å². The van der Waals surface area contributed by atoms with E-state index in [2.05, 4.69) is 18.7 Å². The number of methoxy groups -OCH3 is 1. The van der Waals surface area contributed by atoms with E-state index in [1.165, 1.54) is 11.1 Å². The fourth-order valence-corrected chi connectivity index (χ4v) is 5.63. The maximum absolute atomic E-state index is 13.0. The van der Waals surface area contributed by atoms with Gasteiger partial charge in [-0.05, 0) is 74.0 Å². The Hall–Kier alpha value is -2.68. The molecular weight excluding hydrogens is 396 g/mol. The molecule has 1 saturated carbocycles. The second-order valence-electron chi connectivity index (χ2n) is 9.72. The molecule has 0 aromatic heterocycles. The van der Waals surface area contributed by atoms with Gasteiger partial charge in [0.05, 0.1) is 7.11 Å². The number of ether oxygens (including phenoxy) is 1. The number of para-hydroxylation sites is 1. The molecule has 2 atom stereocenters. The van der Waals surface area contributed by atoms with Gasteiger partial charge < -0.3 is 4.74 Å². The van der Waals surface area contributed by atoms with Crippen LogP contribution in [0.25, 0.3) is 0 Å². The molecule has 3 nitrogen and oxygen atoms in total. The van der Waals surface area contributed by atoms with Crippen molar-refractivity contribution in [1.82, 2.24) is 0 Å². The third kappa shape index (κ3) is 5.03. The summed E-state index contributed by atoms with van der Waals surface area (Å²) in [5, 5.41) is 0. The van der Waals surface area contributed by atoms with E-state index in [1.807, 2.05) is 36.4 Å². The third-order valence-electron chi connectivity index (χ3n) is 7.62. The van der Waals surface area contributed by atoms with Crippen LogP contribution in [0.2, 0.25) is 0 Å². The van der Waals surface area contributed by atoms with Crippen LogP contribution in [0.3, 0.4) is 0 Å². The zero-order valence-corrected chi connectivity index (χ0v) is 19.2. The van der Waals surface area contributed by atoms with E-state index in [9.17, 15) is 9.59 Å². The van der Waals surface area contributed by atoms with Crippen molar-refractivity contribution < 1.29 is 14.3 Å². The van der Waals surface area contributed by atoms with E-state index in [4.69, 9.17) is 4.74 Å². The number of carbonyl (C=O) groups excluding carboxylic acids is 2. The van der Waals surface area contributed by atoms with Crippen molar-refractivity contribution in [2.75, 3.05) is 7.11 Å². The van der Waals surface area contributed by atoms with Crippen molar-refractivity contribution in [3.8, 4) is 5.75 Å². The van der Waals surface area contributed by atoms with Crippen molar-refractivity contribution in [3.05, 3.63) is 77.4 Å². The Bertz CT molecular complexity index is 1000. The molecule has 1 fully saturated rings. The summed E-state index contributed by atoms with van der Waals surface area (Å²) < 4.78 is 5.46. The monoisotopic (exact) mass is 430 g/mol. The number of fused-ring (bicyclic) bond motifs is 1. The minimum atomic E-state index is 0.0637. The van der Waals surface area contributed by atoms with Crippen LogP contribution in [-0.4, -0.2) is 18.7 Å². The molecule has 2 unspecified atom stereocenters. The molecule has 0 N–H and O–H groups in total. The van der Waals surface area contributed by atoms with Gasteiger partial charge in [-0.1, -0.05) is 54.6 Å². The first-order valence-corrected chi connectivity index (χ1v) is 11.9. The molecule has 2 aliphatic rings. The van der Waals surface area contributed by atoms with Crippen molar-refractivity contribution in [2.45, 2.75) is 64.2 Å². The standard InChI is InChI=1S/C29H34O3/c1-21(11-12-22-7-4-6-10-28(22)32-2)19-23-13-16-29(17-14-26(23)30)18-15-27(31)25-9-5-3-8-24(25)20-29/h3-10,23H,1,11-20H2,2H3. The number of ketones is 2. The number of rotatable bonds is 6. The fraction of sp³-hybridized carbons (Fsp3) is 0.448. The molecule has 0 bridgehead atoms. The maximum Gasteiger partial charge on any atom is 0.163 e. The van der Waals surface area contributed by atoms with Gasteiger partial charge in [-0.2, -0.15) is 0 Å². The van der Waals surface area contributed by atoms with E-state index in [-0.39, 0.29) is 17.1 Å². The van der Waals surface area contributed by atoms with Crippen molar-refractivity contribution >= 4 is 11.6 Å². The van der Waals surface area contributed by atoms with Gasteiger partial charge in [0.25, 0.3) is 0 Å². The Morgan fingerprint density at radius 1 is 1.03 bits per heavy atom. The molecule has 0 saturated heterocycles. The number of Topliss-reactive ketones (excluding diaryl/α,β-unsaturated/α-hetero) is 2. The number of aryl methyl sites for hydroxylation is 1. The average molecular weight is 431 g/mol. The van der Waals surface area contributed by atoms with Crippen LogP contribution in [0.1, 0.15) is 72.9 Å². The highest BCUT2D eigenvalue weighted by Crippen LogP contribution is 2.45. The van der Waals surface area contributed by atoms with E-state index in [1.54, 1.807) is 7.11 Å². The van der Waals surface area contributed by atoms with Crippen molar-refractivity contribution in [1.29, 1.82) is 0 Å². The summed E-state index contributed by atoms with van der Waals surface area (Å²) in [6.45, 7) is 4.31. The molecule has 2 aliphatic carbocycles. The lowest BCUT2D eigenvalue weighted by atomic mass is 9.73. The van der Waals surface area contributed by atoms with Crippen LogP contribution in [0.4, 0.5) is 0 Å². The summed E-state index contributed by atoms with van der Waals surface area (Å²) in [6, 6.07) is 16.2. The lowest BCUT2D eigenvalue weighted by molar-refractivity contribution is -0.122. The molecule has 0 amide bonds. The smallest absolute Gasteiger partial charge is 0.163 e. The van der Waals surface area contributed by atoms with Gasteiger partial charge in [-0.15, -0.1) is 0 Å². The summed E-state index contributed by atoms with van der Waals surface area (Å²) in [5.74, 6) is 1.61. The molecule has 2 aromatic carbocycles. The van der Waals surface area contributed by atoms with Gasteiger partial charge in [0.2, 0.25) is 0 Å².